The highest BCUT2D eigenvalue weighted by Gasteiger charge is 2.22. The number of fused-ring (bicyclic) bond motifs is 1. The van der Waals surface area contributed by atoms with E-state index in [0.29, 0.717) is 12.4 Å². The summed E-state index contributed by atoms with van der Waals surface area (Å²) < 4.78 is 1.40. The van der Waals surface area contributed by atoms with Crippen LogP contribution in [0.25, 0.3) is 5.65 Å². The standard InChI is InChI=1S/C15H14ClN5O2/c1-20(8-9-5-3-2-4-6-9)11-7-10(16)18-14-12(15(22)23)13(17)19-21(11)14/h2-7H,8H2,1H3,(H2,17,19)(H,22,23). The van der Waals surface area contributed by atoms with E-state index < -0.39 is 5.97 Å². The van der Waals surface area contributed by atoms with Gasteiger partial charge in [0.15, 0.2) is 11.5 Å². The van der Waals surface area contributed by atoms with E-state index in [4.69, 9.17) is 17.3 Å². The molecule has 0 aliphatic rings. The van der Waals surface area contributed by atoms with Crippen LogP contribution in [0.5, 0.6) is 0 Å². The lowest BCUT2D eigenvalue weighted by Crippen LogP contribution is -2.20. The van der Waals surface area contributed by atoms with E-state index in [2.05, 4.69) is 10.1 Å². The van der Waals surface area contributed by atoms with Gasteiger partial charge >= 0.3 is 5.97 Å². The Morgan fingerprint density at radius 3 is 2.74 bits per heavy atom. The van der Waals surface area contributed by atoms with Crippen molar-refractivity contribution >= 4 is 34.9 Å². The zero-order chi connectivity index (χ0) is 16.6. The zero-order valence-corrected chi connectivity index (χ0v) is 13.0. The number of aromatic nitrogens is 3. The average Bonchev–Trinajstić information content (AvgIpc) is 2.83. The molecule has 0 fully saturated rings. The molecule has 1 aromatic carbocycles. The fraction of sp³-hybridized carbons (Fsp3) is 0.133. The molecule has 0 atom stereocenters. The van der Waals surface area contributed by atoms with Crippen LogP contribution in [0.15, 0.2) is 36.4 Å². The number of aromatic carboxylic acids is 1. The highest BCUT2D eigenvalue weighted by molar-refractivity contribution is 6.29. The number of halogens is 1. The maximum atomic E-state index is 11.4. The summed E-state index contributed by atoms with van der Waals surface area (Å²) in [6.07, 6.45) is 0. The number of anilines is 2. The Balaban J connectivity index is 2.10. The summed E-state index contributed by atoms with van der Waals surface area (Å²) in [6.45, 7) is 0.596. The molecule has 118 valence electrons. The van der Waals surface area contributed by atoms with E-state index in [1.807, 2.05) is 42.3 Å². The molecular formula is C15H14ClN5O2. The average molecular weight is 332 g/mol. The molecule has 2 aromatic heterocycles. The van der Waals surface area contributed by atoms with Gasteiger partial charge in [0.05, 0.1) is 0 Å². The molecule has 8 heteroatoms. The Morgan fingerprint density at radius 2 is 2.09 bits per heavy atom. The maximum Gasteiger partial charge on any atom is 0.343 e. The molecule has 23 heavy (non-hydrogen) atoms. The first-order valence-electron chi connectivity index (χ1n) is 6.80. The molecule has 0 spiro atoms. The summed E-state index contributed by atoms with van der Waals surface area (Å²) in [5.41, 5.74) is 6.78. The van der Waals surface area contributed by atoms with Crippen LogP contribution >= 0.6 is 11.6 Å². The minimum absolute atomic E-state index is 0.0957. The third kappa shape index (κ3) is 2.78. The predicted molar refractivity (Wildman–Crippen MR) is 87.9 cm³/mol. The second-order valence-corrected chi connectivity index (χ2v) is 5.47. The van der Waals surface area contributed by atoms with Crippen LogP contribution in [-0.4, -0.2) is 32.7 Å². The van der Waals surface area contributed by atoms with Crippen molar-refractivity contribution in [1.82, 2.24) is 14.6 Å². The molecule has 0 saturated carbocycles. The summed E-state index contributed by atoms with van der Waals surface area (Å²) in [4.78, 5) is 17.3. The quantitative estimate of drug-likeness (QED) is 0.712. The van der Waals surface area contributed by atoms with Crippen molar-refractivity contribution in [3.8, 4) is 0 Å². The van der Waals surface area contributed by atoms with Crippen LogP contribution in [-0.2, 0) is 6.54 Å². The molecule has 0 aliphatic carbocycles. The Bertz CT molecular complexity index is 878. The Labute approximate surface area is 136 Å². The number of nitrogens with two attached hydrogens (primary N) is 1. The van der Waals surface area contributed by atoms with Gasteiger partial charge in [0, 0.05) is 19.7 Å². The van der Waals surface area contributed by atoms with Gasteiger partial charge in [0.25, 0.3) is 0 Å². The van der Waals surface area contributed by atoms with Crippen molar-refractivity contribution < 1.29 is 9.90 Å². The van der Waals surface area contributed by atoms with Crippen molar-refractivity contribution in [2.45, 2.75) is 6.54 Å². The molecular weight excluding hydrogens is 318 g/mol. The van der Waals surface area contributed by atoms with E-state index >= 15 is 0 Å². The molecule has 0 saturated heterocycles. The fourth-order valence-corrected chi connectivity index (χ4v) is 2.58. The fourth-order valence-electron chi connectivity index (χ4n) is 2.41. The lowest BCUT2D eigenvalue weighted by molar-refractivity contribution is 0.0700. The van der Waals surface area contributed by atoms with Gasteiger partial charge in [-0.15, -0.1) is 5.10 Å². The molecule has 0 aliphatic heterocycles. The third-order valence-corrected chi connectivity index (χ3v) is 3.63. The molecule has 3 N–H and O–H groups in total. The monoisotopic (exact) mass is 331 g/mol. The van der Waals surface area contributed by atoms with Crippen LogP contribution in [0.1, 0.15) is 15.9 Å². The number of hydrogen-bond acceptors (Lipinski definition) is 5. The zero-order valence-electron chi connectivity index (χ0n) is 12.3. The van der Waals surface area contributed by atoms with E-state index in [-0.39, 0.29) is 22.2 Å². The van der Waals surface area contributed by atoms with Gasteiger partial charge < -0.3 is 15.7 Å². The normalized spacial score (nSPS) is 10.9. The topological polar surface area (TPSA) is 96.8 Å². The van der Waals surface area contributed by atoms with Crippen molar-refractivity contribution in [2.75, 3.05) is 17.7 Å². The highest BCUT2D eigenvalue weighted by Crippen LogP contribution is 2.25. The summed E-state index contributed by atoms with van der Waals surface area (Å²) >= 11 is 6.04. The summed E-state index contributed by atoms with van der Waals surface area (Å²) in [5, 5.41) is 13.5. The van der Waals surface area contributed by atoms with Gasteiger partial charge in [-0.3, -0.25) is 0 Å². The second kappa shape index (κ2) is 5.77. The van der Waals surface area contributed by atoms with Crippen molar-refractivity contribution in [3.63, 3.8) is 0 Å². The molecule has 0 unspecified atom stereocenters. The SMILES string of the molecule is CN(Cc1ccccc1)c1cc(Cl)nc2c(C(=O)O)c(N)nn12. The molecule has 7 nitrogen and oxygen atoms in total. The van der Waals surface area contributed by atoms with Crippen molar-refractivity contribution in [3.05, 3.63) is 52.7 Å². The highest BCUT2D eigenvalue weighted by atomic mass is 35.5. The molecule has 3 aromatic rings. The largest absolute Gasteiger partial charge is 0.477 e. The van der Waals surface area contributed by atoms with Gasteiger partial charge in [-0.2, -0.15) is 4.52 Å². The van der Waals surface area contributed by atoms with Crippen LogP contribution in [0.4, 0.5) is 11.6 Å². The predicted octanol–water partition coefficient (Wildman–Crippen LogP) is 2.30. The van der Waals surface area contributed by atoms with E-state index in [1.165, 1.54) is 4.52 Å². The van der Waals surface area contributed by atoms with E-state index in [1.54, 1.807) is 6.07 Å². The third-order valence-electron chi connectivity index (χ3n) is 3.43. The first-order valence-corrected chi connectivity index (χ1v) is 7.18. The first-order chi connectivity index (χ1) is 11.0. The lowest BCUT2D eigenvalue weighted by Gasteiger charge is -2.20. The smallest absolute Gasteiger partial charge is 0.343 e. The van der Waals surface area contributed by atoms with E-state index in [9.17, 15) is 9.90 Å². The number of carboxylic acids is 1. The summed E-state index contributed by atoms with van der Waals surface area (Å²) in [5.74, 6) is -0.686. The number of carbonyl (C=O) groups is 1. The molecule has 0 amide bonds. The number of nitrogen functional groups attached to an aromatic ring is 1. The summed E-state index contributed by atoms with van der Waals surface area (Å²) in [7, 11) is 1.86. The first kappa shape index (κ1) is 15.1. The van der Waals surface area contributed by atoms with Crippen LogP contribution in [0, 0.1) is 0 Å². The molecule has 0 radical (unpaired) electrons. The van der Waals surface area contributed by atoms with Crippen LogP contribution in [0.3, 0.4) is 0 Å². The van der Waals surface area contributed by atoms with Gasteiger partial charge in [-0.25, -0.2) is 9.78 Å². The number of benzene rings is 1. The number of rotatable bonds is 4. The van der Waals surface area contributed by atoms with Crippen LogP contribution in [0.2, 0.25) is 5.15 Å². The molecule has 2 heterocycles. The minimum atomic E-state index is -1.19. The number of hydrogen-bond donors (Lipinski definition) is 2. The van der Waals surface area contributed by atoms with Gasteiger partial charge in [0.2, 0.25) is 0 Å². The Kier molecular flexibility index (Phi) is 3.79. The second-order valence-electron chi connectivity index (χ2n) is 5.08. The Morgan fingerprint density at radius 1 is 1.39 bits per heavy atom. The Hall–Kier alpha value is -2.80. The van der Waals surface area contributed by atoms with Crippen molar-refractivity contribution in [1.29, 1.82) is 0 Å². The molecule has 0 bridgehead atoms. The van der Waals surface area contributed by atoms with Gasteiger partial charge in [-0.1, -0.05) is 41.9 Å². The number of carboxylic acid groups (broad SMARTS) is 1. The molecule has 3 rings (SSSR count). The minimum Gasteiger partial charge on any atom is -0.477 e. The van der Waals surface area contributed by atoms with Crippen molar-refractivity contribution in [2.24, 2.45) is 0 Å². The number of nitrogens with zero attached hydrogens (tertiary/aromatic N) is 4. The summed E-state index contributed by atoms with van der Waals surface area (Å²) in [6, 6.07) is 11.5. The lowest BCUT2D eigenvalue weighted by atomic mass is 10.2. The maximum absolute atomic E-state index is 11.4. The van der Waals surface area contributed by atoms with Gasteiger partial charge in [0.1, 0.15) is 16.5 Å². The van der Waals surface area contributed by atoms with Crippen LogP contribution < -0.4 is 10.6 Å². The van der Waals surface area contributed by atoms with E-state index in [0.717, 1.165) is 5.56 Å². The van der Waals surface area contributed by atoms with Gasteiger partial charge in [-0.05, 0) is 5.56 Å².